The first kappa shape index (κ1) is 22.2. The molecule has 2 aromatic carbocycles. The van der Waals surface area contributed by atoms with Crippen LogP contribution in [0, 0.1) is 0 Å². The fourth-order valence-electron chi connectivity index (χ4n) is 4.91. The van der Waals surface area contributed by atoms with Gasteiger partial charge in [0.1, 0.15) is 12.4 Å². The average Bonchev–Trinajstić information content (AvgIpc) is 3.61. The van der Waals surface area contributed by atoms with E-state index in [9.17, 15) is 19.2 Å². The minimum atomic E-state index is -0.964. The molecule has 3 aliphatic rings. The molecule has 2 heterocycles. The van der Waals surface area contributed by atoms with Gasteiger partial charge in [-0.05, 0) is 67.9 Å². The van der Waals surface area contributed by atoms with Crippen LogP contribution in [0.4, 0.5) is 10.6 Å². The molecule has 0 unspecified atom stereocenters. The van der Waals surface area contributed by atoms with Crippen LogP contribution in [0.1, 0.15) is 36.8 Å². The number of carbonyl (C=O) groups excluding carboxylic acids is 4. The SMILES string of the molecule is O=C(CN1C(=O)C(=O)N(C2CC2)C1=O)Nc1cc(-c2ccc3c(c2)CCCC3)nn1-c1ccccc1. The summed E-state index contributed by atoms with van der Waals surface area (Å²) in [6, 6.07) is 16.6. The molecule has 0 radical (unpaired) electrons. The number of benzene rings is 2. The van der Waals surface area contributed by atoms with Crippen molar-refractivity contribution in [2.24, 2.45) is 0 Å². The molecule has 5 amide bonds. The van der Waals surface area contributed by atoms with Crippen LogP contribution >= 0.6 is 0 Å². The van der Waals surface area contributed by atoms with E-state index in [4.69, 9.17) is 5.10 Å². The molecule has 0 atom stereocenters. The van der Waals surface area contributed by atoms with Gasteiger partial charge in [-0.1, -0.05) is 30.3 Å². The zero-order valence-electron chi connectivity index (χ0n) is 19.6. The van der Waals surface area contributed by atoms with Gasteiger partial charge in [0, 0.05) is 17.7 Å². The average molecular weight is 484 g/mol. The Morgan fingerprint density at radius 1 is 0.917 bits per heavy atom. The maximum Gasteiger partial charge on any atom is 0.334 e. The summed E-state index contributed by atoms with van der Waals surface area (Å²) in [6.45, 7) is -0.541. The van der Waals surface area contributed by atoms with Gasteiger partial charge in [-0.15, -0.1) is 0 Å². The molecule has 1 aliphatic heterocycles. The maximum absolute atomic E-state index is 13.0. The van der Waals surface area contributed by atoms with Crippen molar-refractivity contribution in [2.45, 2.75) is 44.6 Å². The molecule has 182 valence electrons. The number of nitrogens with zero attached hydrogens (tertiary/aromatic N) is 4. The van der Waals surface area contributed by atoms with Gasteiger partial charge in [-0.2, -0.15) is 5.10 Å². The fraction of sp³-hybridized carbons (Fsp3) is 0.296. The number of nitrogens with one attached hydrogen (secondary N) is 1. The molecular formula is C27H25N5O4. The fourth-order valence-corrected chi connectivity index (χ4v) is 4.91. The Kier molecular flexibility index (Phi) is 5.40. The van der Waals surface area contributed by atoms with E-state index in [1.54, 1.807) is 10.7 Å². The molecule has 1 aromatic heterocycles. The summed E-state index contributed by atoms with van der Waals surface area (Å²) in [5.74, 6) is -2.01. The summed E-state index contributed by atoms with van der Waals surface area (Å²) < 4.78 is 1.63. The molecule has 1 saturated heterocycles. The molecule has 3 aromatic rings. The maximum atomic E-state index is 13.0. The molecule has 0 spiro atoms. The van der Waals surface area contributed by atoms with Crippen molar-refractivity contribution >= 4 is 29.6 Å². The summed E-state index contributed by atoms with van der Waals surface area (Å²) >= 11 is 0. The molecule has 9 nitrogen and oxygen atoms in total. The number of rotatable bonds is 6. The quantitative estimate of drug-likeness (QED) is 0.428. The zero-order chi connectivity index (χ0) is 24.8. The number of fused-ring (bicyclic) bond motifs is 1. The number of aryl methyl sites for hydroxylation is 2. The van der Waals surface area contributed by atoms with Gasteiger partial charge in [0.2, 0.25) is 5.91 Å². The van der Waals surface area contributed by atoms with Crippen LogP contribution in [0.2, 0.25) is 0 Å². The molecular weight excluding hydrogens is 458 g/mol. The molecule has 0 bridgehead atoms. The van der Waals surface area contributed by atoms with Crippen molar-refractivity contribution in [2.75, 3.05) is 11.9 Å². The third-order valence-electron chi connectivity index (χ3n) is 6.92. The molecule has 6 rings (SSSR count). The zero-order valence-corrected chi connectivity index (χ0v) is 19.6. The van der Waals surface area contributed by atoms with E-state index < -0.39 is 30.3 Å². The Labute approximate surface area is 207 Å². The van der Waals surface area contributed by atoms with Gasteiger partial charge < -0.3 is 5.32 Å². The predicted molar refractivity (Wildman–Crippen MR) is 131 cm³/mol. The molecule has 36 heavy (non-hydrogen) atoms. The number of para-hydroxylation sites is 1. The second-order valence-electron chi connectivity index (χ2n) is 9.48. The minimum absolute atomic E-state index is 0.235. The Morgan fingerprint density at radius 2 is 1.67 bits per heavy atom. The Bertz CT molecular complexity index is 1390. The molecule has 2 aliphatic carbocycles. The van der Waals surface area contributed by atoms with Crippen LogP contribution in [0.3, 0.4) is 0 Å². The first-order chi connectivity index (χ1) is 17.5. The Hall–Kier alpha value is -4.27. The van der Waals surface area contributed by atoms with Crippen molar-refractivity contribution in [3.63, 3.8) is 0 Å². The van der Waals surface area contributed by atoms with E-state index in [1.807, 2.05) is 36.4 Å². The standard InChI is InChI=1S/C27H25N5O4/c33-24(16-30-25(34)26(35)31(27(30)36)20-12-13-20)28-23-15-22(29-32(23)21-8-2-1-3-9-21)19-11-10-17-6-4-5-7-18(17)14-19/h1-3,8-11,14-15,20H,4-7,12-13,16H2,(H,28,33). The lowest BCUT2D eigenvalue weighted by Gasteiger charge is -2.16. The van der Waals surface area contributed by atoms with E-state index in [0.717, 1.165) is 29.0 Å². The molecule has 2 fully saturated rings. The van der Waals surface area contributed by atoms with Crippen LogP contribution in [-0.4, -0.2) is 55.9 Å². The van der Waals surface area contributed by atoms with Crippen molar-refractivity contribution in [3.05, 3.63) is 65.7 Å². The number of carbonyl (C=O) groups is 4. The lowest BCUT2D eigenvalue weighted by Crippen LogP contribution is -2.39. The highest BCUT2D eigenvalue weighted by atomic mass is 16.2. The van der Waals surface area contributed by atoms with Gasteiger partial charge in [0.15, 0.2) is 0 Å². The number of aromatic nitrogens is 2. The van der Waals surface area contributed by atoms with Gasteiger partial charge in [-0.3, -0.25) is 19.3 Å². The third-order valence-corrected chi connectivity index (χ3v) is 6.92. The van der Waals surface area contributed by atoms with Gasteiger partial charge in [-0.25, -0.2) is 14.4 Å². The normalized spacial score (nSPS) is 17.5. The monoisotopic (exact) mass is 483 g/mol. The van der Waals surface area contributed by atoms with E-state index in [0.29, 0.717) is 29.3 Å². The van der Waals surface area contributed by atoms with Crippen molar-refractivity contribution in [1.29, 1.82) is 0 Å². The Morgan fingerprint density at radius 3 is 2.42 bits per heavy atom. The second kappa shape index (κ2) is 8.75. The number of amides is 5. The van der Waals surface area contributed by atoms with E-state index >= 15 is 0 Å². The number of imide groups is 2. The number of hydrogen-bond donors (Lipinski definition) is 1. The van der Waals surface area contributed by atoms with Crippen LogP contribution in [0.5, 0.6) is 0 Å². The topological polar surface area (TPSA) is 105 Å². The van der Waals surface area contributed by atoms with Crippen molar-refractivity contribution in [3.8, 4) is 16.9 Å². The van der Waals surface area contributed by atoms with Gasteiger partial charge >= 0.3 is 17.8 Å². The van der Waals surface area contributed by atoms with Crippen LogP contribution < -0.4 is 5.32 Å². The first-order valence-corrected chi connectivity index (χ1v) is 12.3. The van der Waals surface area contributed by atoms with Gasteiger partial charge in [0.05, 0.1) is 11.4 Å². The first-order valence-electron chi connectivity index (χ1n) is 12.3. The van der Waals surface area contributed by atoms with Crippen LogP contribution in [0.15, 0.2) is 54.6 Å². The number of hydrogen-bond acceptors (Lipinski definition) is 5. The number of urea groups is 1. The summed E-state index contributed by atoms with van der Waals surface area (Å²) in [5.41, 5.74) is 5.10. The smallest absolute Gasteiger partial charge is 0.309 e. The van der Waals surface area contributed by atoms with Crippen LogP contribution in [0.25, 0.3) is 16.9 Å². The highest BCUT2D eigenvalue weighted by molar-refractivity contribution is 6.45. The summed E-state index contributed by atoms with van der Waals surface area (Å²) in [7, 11) is 0. The van der Waals surface area contributed by atoms with Crippen molar-refractivity contribution < 1.29 is 19.2 Å². The summed E-state index contributed by atoms with van der Waals surface area (Å²) in [4.78, 5) is 51.8. The van der Waals surface area contributed by atoms with Crippen LogP contribution in [-0.2, 0) is 27.2 Å². The molecule has 9 heteroatoms. The summed E-state index contributed by atoms with van der Waals surface area (Å²) in [5, 5.41) is 7.55. The minimum Gasteiger partial charge on any atom is -0.309 e. The van der Waals surface area contributed by atoms with E-state index in [1.165, 1.54) is 24.0 Å². The van der Waals surface area contributed by atoms with E-state index in [-0.39, 0.29) is 6.04 Å². The lowest BCUT2D eigenvalue weighted by atomic mass is 9.90. The highest BCUT2D eigenvalue weighted by Gasteiger charge is 2.51. The Balaban J connectivity index is 1.28. The predicted octanol–water partition coefficient (Wildman–Crippen LogP) is 3.31. The highest BCUT2D eigenvalue weighted by Crippen LogP contribution is 2.32. The largest absolute Gasteiger partial charge is 0.334 e. The summed E-state index contributed by atoms with van der Waals surface area (Å²) in [6.07, 6.45) is 5.88. The van der Waals surface area contributed by atoms with E-state index in [2.05, 4.69) is 17.4 Å². The van der Waals surface area contributed by atoms with Gasteiger partial charge in [0.25, 0.3) is 0 Å². The molecule has 1 N–H and O–H groups in total. The number of anilines is 1. The third kappa shape index (κ3) is 3.96. The van der Waals surface area contributed by atoms with Crippen molar-refractivity contribution in [1.82, 2.24) is 19.6 Å². The lowest BCUT2D eigenvalue weighted by molar-refractivity contribution is -0.143. The second-order valence-corrected chi connectivity index (χ2v) is 9.48. The molecule has 1 saturated carbocycles.